The molecule has 2 rings (SSSR count). The summed E-state index contributed by atoms with van der Waals surface area (Å²) in [6, 6.07) is -0.557. The van der Waals surface area contributed by atoms with Gasteiger partial charge < -0.3 is 11.5 Å². The van der Waals surface area contributed by atoms with Crippen LogP contribution in [0.3, 0.4) is 0 Å². The van der Waals surface area contributed by atoms with E-state index in [-0.39, 0.29) is 11.0 Å². The molecule has 0 amide bonds. The maximum atomic E-state index is 13.6. The average Bonchev–Trinajstić information content (AvgIpc) is 2.26. The molecule has 1 aromatic rings. The molecule has 0 radical (unpaired) electrons. The van der Waals surface area contributed by atoms with Crippen LogP contribution in [0, 0.1) is 5.82 Å². The number of allylic oxidation sites excluding steroid dienone is 2. The van der Waals surface area contributed by atoms with Crippen LogP contribution in [0.25, 0.3) is 0 Å². The summed E-state index contributed by atoms with van der Waals surface area (Å²) in [6.07, 6.45) is 7.70. The predicted octanol–water partition coefficient (Wildman–Crippen LogP) is 0.876. The van der Waals surface area contributed by atoms with Gasteiger partial charge in [0.25, 0.3) is 0 Å². The molecule has 0 saturated carbocycles. The molecule has 0 aromatic carbocycles. The van der Waals surface area contributed by atoms with E-state index in [0.717, 1.165) is 6.20 Å². The van der Waals surface area contributed by atoms with Gasteiger partial charge in [-0.15, -0.1) is 0 Å². The standard InChI is InChI=1S/C10H10ClFN4/c11-9-15-5-6(12)8(16-9)10(14)4-2-1-3-7(10)13/h1-5,7H,13-14H2. The van der Waals surface area contributed by atoms with Crippen molar-refractivity contribution >= 4 is 11.6 Å². The highest BCUT2D eigenvalue weighted by atomic mass is 35.5. The Morgan fingerprint density at radius 3 is 2.88 bits per heavy atom. The van der Waals surface area contributed by atoms with Crippen LogP contribution < -0.4 is 11.5 Å². The number of rotatable bonds is 1. The maximum Gasteiger partial charge on any atom is 0.222 e. The molecule has 16 heavy (non-hydrogen) atoms. The van der Waals surface area contributed by atoms with Crippen molar-refractivity contribution in [2.75, 3.05) is 0 Å². The third-order valence-electron chi connectivity index (χ3n) is 2.48. The molecule has 4 nitrogen and oxygen atoms in total. The molecule has 1 aromatic heterocycles. The van der Waals surface area contributed by atoms with Gasteiger partial charge in [0.15, 0.2) is 5.82 Å². The van der Waals surface area contributed by atoms with Crippen LogP contribution in [0.1, 0.15) is 5.69 Å². The van der Waals surface area contributed by atoms with Gasteiger partial charge in [-0.1, -0.05) is 24.3 Å². The Morgan fingerprint density at radius 1 is 1.44 bits per heavy atom. The topological polar surface area (TPSA) is 77.8 Å². The highest BCUT2D eigenvalue weighted by Gasteiger charge is 2.36. The Labute approximate surface area is 96.8 Å². The van der Waals surface area contributed by atoms with E-state index in [4.69, 9.17) is 23.1 Å². The van der Waals surface area contributed by atoms with E-state index in [0.29, 0.717) is 0 Å². The number of hydrogen-bond donors (Lipinski definition) is 2. The zero-order valence-corrected chi connectivity index (χ0v) is 9.03. The van der Waals surface area contributed by atoms with Crippen molar-refractivity contribution in [3.63, 3.8) is 0 Å². The molecule has 84 valence electrons. The van der Waals surface area contributed by atoms with Crippen molar-refractivity contribution in [2.24, 2.45) is 11.5 Å². The fraction of sp³-hybridized carbons (Fsp3) is 0.200. The number of aromatic nitrogens is 2. The minimum Gasteiger partial charge on any atom is -0.322 e. The van der Waals surface area contributed by atoms with Gasteiger partial charge in [0, 0.05) is 0 Å². The minimum atomic E-state index is -1.19. The third kappa shape index (κ3) is 1.73. The summed E-state index contributed by atoms with van der Waals surface area (Å²) in [5.41, 5.74) is 10.7. The maximum absolute atomic E-state index is 13.6. The quantitative estimate of drug-likeness (QED) is 0.715. The normalized spacial score (nSPS) is 28.4. The van der Waals surface area contributed by atoms with Crippen LogP contribution in [0.4, 0.5) is 4.39 Å². The number of halogens is 2. The van der Waals surface area contributed by atoms with Crippen molar-refractivity contribution in [2.45, 2.75) is 11.6 Å². The highest BCUT2D eigenvalue weighted by molar-refractivity contribution is 6.28. The van der Waals surface area contributed by atoms with Gasteiger partial charge in [-0.25, -0.2) is 14.4 Å². The largest absolute Gasteiger partial charge is 0.322 e. The summed E-state index contributed by atoms with van der Waals surface area (Å²) in [7, 11) is 0. The lowest BCUT2D eigenvalue weighted by molar-refractivity contribution is 0.442. The van der Waals surface area contributed by atoms with Crippen LogP contribution in [0.5, 0.6) is 0 Å². The van der Waals surface area contributed by atoms with Crippen molar-refractivity contribution < 1.29 is 4.39 Å². The average molecular weight is 241 g/mol. The lowest BCUT2D eigenvalue weighted by Gasteiger charge is -2.31. The molecule has 1 aliphatic rings. The van der Waals surface area contributed by atoms with Crippen LogP contribution in [0.15, 0.2) is 30.5 Å². The predicted molar refractivity (Wildman–Crippen MR) is 59.1 cm³/mol. The Morgan fingerprint density at radius 2 is 2.19 bits per heavy atom. The van der Waals surface area contributed by atoms with Gasteiger partial charge in [-0.05, 0) is 11.6 Å². The lowest BCUT2D eigenvalue weighted by atomic mass is 9.84. The van der Waals surface area contributed by atoms with E-state index in [1.807, 2.05) is 0 Å². The van der Waals surface area contributed by atoms with Crippen LogP contribution in [-0.4, -0.2) is 16.0 Å². The Kier molecular flexibility index (Phi) is 2.75. The molecule has 4 N–H and O–H groups in total. The van der Waals surface area contributed by atoms with Gasteiger partial charge in [0.05, 0.1) is 17.8 Å². The fourth-order valence-corrected chi connectivity index (χ4v) is 1.69. The Balaban J connectivity index is 2.54. The Bertz CT molecular complexity index is 474. The summed E-state index contributed by atoms with van der Waals surface area (Å²) in [5, 5.41) is -0.0589. The van der Waals surface area contributed by atoms with E-state index in [1.54, 1.807) is 24.3 Å². The van der Waals surface area contributed by atoms with Crippen LogP contribution in [0.2, 0.25) is 5.28 Å². The van der Waals surface area contributed by atoms with E-state index < -0.39 is 17.4 Å². The van der Waals surface area contributed by atoms with E-state index in [2.05, 4.69) is 9.97 Å². The molecule has 1 heterocycles. The smallest absolute Gasteiger partial charge is 0.222 e. The second-order valence-electron chi connectivity index (χ2n) is 3.54. The van der Waals surface area contributed by atoms with E-state index in [9.17, 15) is 4.39 Å². The van der Waals surface area contributed by atoms with Gasteiger partial charge >= 0.3 is 0 Å². The molecule has 0 saturated heterocycles. The molecular formula is C10H10ClFN4. The van der Waals surface area contributed by atoms with Crippen molar-refractivity contribution in [3.05, 3.63) is 47.3 Å². The first-order chi connectivity index (χ1) is 7.54. The summed E-state index contributed by atoms with van der Waals surface area (Å²) >= 11 is 5.62. The number of nitrogens with two attached hydrogens (primary N) is 2. The van der Waals surface area contributed by atoms with E-state index in [1.165, 1.54) is 0 Å². The van der Waals surface area contributed by atoms with Crippen LogP contribution in [-0.2, 0) is 5.54 Å². The third-order valence-corrected chi connectivity index (χ3v) is 2.66. The van der Waals surface area contributed by atoms with Gasteiger partial charge in [-0.2, -0.15) is 0 Å². The lowest BCUT2D eigenvalue weighted by Crippen LogP contribution is -2.52. The second kappa shape index (κ2) is 3.93. The van der Waals surface area contributed by atoms with Crippen molar-refractivity contribution in [1.82, 2.24) is 9.97 Å². The second-order valence-corrected chi connectivity index (χ2v) is 3.88. The molecule has 2 unspecified atom stereocenters. The molecule has 0 bridgehead atoms. The summed E-state index contributed by atoms with van der Waals surface area (Å²) in [4.78, 5) is 7.34. The first kappa shape index (κ1) is 11.2. The fourth-order valence-electron chi connectivity index (χ4n) is 1.56. The molecule has 0 spiro atoms. The van der Waals surface area contributed by atoms with Gasteiger partial charge in [-0.3, -0.25) is 0 Å². The van der Waals surface area contributed by atoms with Gasteiger partial charge in [0.2, 0.25) is 5.28 Å². The van der Waals surface area contributed by atoms with Gasteiger partial charge in [0.1, 0.15) is 5.69 Å². The summed E-state index contributed by atoms with van der Waals surface area (Å²) in [6.45, 7) is 0. The molecule has 6 heteroatoms. The van der Waals surface area contributed by atoms with E-state index >= 15 is 0 Å². The molecule has 2 atom stereocenters. The first-order valence-corrected chi connectivity index (χ1v) is 5.01. The highest BCUT2D eigenvalue weighted by Crippen LogP contribution is 2.27. The van der Waals surface area contributed by atoms with Crippen molar-refractivity contribution in [1.29, 1.82) is 0 Å². The molecule has 0 fully saturated rings. The zero-order valence-electron chi connectivity index (χ0n) is 8.27. The van der Waals surface area contributed by atoms with Crippen molar-refractivity contribution in [3.8, 4) is 0 Å². The molecule has 1 aliphatic carbocycles. The zero-order chi connectivity index (χ0) is 11.8. The monoisotopic (exact) mass is 240 g/mol. The summed E-state index contributed by atoms with van der Waals surface area (Å²) < 4.78 is 13.6. The number of hydrogen-bond acceptors (Lipinski definition) is 4. The summed E-state index contributed by atoms with van der Waals surface area (Å²) in [5.74, 6) is -0.623. The minimum absolute atomic E-state index is 0.000556. The van der Waals surface area contributed by atoms with Crippen LogP contribution >= 0.6 is 11.6 Å². The molecular weight excluding hydrogens is 231 g/mol. The first-order valence-electron chi connectivity index (χ1n) is 4.63. The number of nitrogens with zero attached hydrogens (tertiary/aromatic N) is 2. The Hall–Kier alpha value is -1.30. The molecule has 0 aliphatic heterocycles. The SMILES string of the molecule is NC1C=CC=CC1(N)c1nc(Cl)ncc1F.